The van der Waals surface area contributed by atoms with Crippen LogP contribution in [0, 0.1) is 0 Å². The largest absolute Gasteiger partial charge is 0.379 e. The fraction of sp³-hybridized carbons (Fsp3) is 1.00. The van der Waals surface area contributed by atoms with Crippen molar-refractivity contribution < 1.29 is 4.74 Å². The number of nitrogens with zero attached hydrogens (tertiary/aromatic N) is 2. The van der Waals surface area contributed by atoms with E-state index in [0.29, 0.717) is 6.10 Å². The molecule has 0 aromatic rings. The van der Waals surface area contributed by atoms with E-state index in [1.165, 1.54) is 19.5 Å². The van der Waals surface area contributed by atoms with Crippen molar-refractivity contribution in [1.82, 2.24) is 15.1 Å². The maximum Gasteiger partial charge on any atom is 0.0518 e. The molecule has 0 aromatic carbocycles. The standard InChI is InChI=1S/C15H35N3O/c1-6-18(12-8-11-17(4)5)13-10-16-9-7-14-19-15(2)3/h15-16H,6-14H2,1-5H3. The molecule has 0 rings (SSSR count). The van der Waals surface area contributed by atoms with Gasteiger partial charge in [-0.25, -0.2) is 0 Å². The molecule has 0 saturated carbocycles. The smallest absolute Gasteiger partial charge is 0.0518 e. The third-order valence-electron chi connectivity index (χ3n) is 3.08. The van der Waals surface area contributed by atoms with Crippen molar-refractivity contribution in [3.8, 4) is 0 Å². The fourth-order valence-electron chi connectivity index (χ4n) is 1.92. The number of hydrogen-bond acceptors (Lipinski definition) is 4. The lowest BCUT2D eigenvalue weighted by atomic mass is 10.3. The predicted octanol–water partition coefficient (Wildman–Crippen LogP) is 1.66. The second-order valence-corrected chi connectivity index (χ2v) is 5.61. The molecule has 0 bridgehead atoms. The van der Waals surface area contributed by atoms with Gasteiger partial charge in [-0.05, 0) is 67.0 Å². The van der Waals surface area contributed by atoms with Crippen LogP contribution in [0.4, 0.5) is 0 Å². The number of ether oxygens (including phenoxy) is 1. The normalized spacial score (nSPS) is 12.0. The minimum atomic E-state index is 0.354. The number of hydrogen-bond donors (Lipinski definition) is 1. The molecule has 0 unspecified atom stereocenters. The molecular weight excluding hydrogens is 238 g/mol. The molecule has 19 heavy (non-hydrogen) atoms. The van der Waals surface area contributed by atoms with Gasteiger partial charge in [0.05, 0.1) is 6.10 Å². The van der Waals surface area contributed by atoms with E-state index >= 15 is 0 Å². The lowest BCUT2D eigenvalue weighted by molar-refractivity contribution is 0.0770. The van der Waals surface area contributed by atoms with Crippen molar-refractivity contribution in [1.29, 1.82) is 0 Å². The van der Waals surface area contributed by atoms with Crippen LogP contribution in [0.25, 0.3) is 0 Å². The van der Waals surface area contributed by atoms with Gasteiger partial charge >= 0.3 is 0 Å². The Morgan fingerprint density at radius 2 is 1.74 bits per heavy atom. The zero-order valence-corrected chi connectivity index (χ0v) is 13.7. The van der Waals surface area contributed by atoms with E-state index in [1.807, 2.05) is 0 Å². The van der Waals surface area contributed by atoms with Gasteiger partial charge < -0.3 is 19.9 Å². The molecule has 4 heteroatoms. The number of rotatable bonds is 13. The second-order valence-electron chi connectivity index (χ2n) is 5.61. The summed E-state index contributed by atoms with van der Waals surface area (Å²) in [6, 6.07) is 0. The third-order valence-corrected chi connectivity index (χ3v) is 3.08. The average molecular weight is 273 g/mol. The van der Waals surface area contributed by atoms with Crippen LogP contribution in [0.3, 0.4) is 0 Å². The lowest BCUT2D eigenvalue weighted by Gasteiger charge is -2.21. The topological polar surface area (TPSA) is 27.7 Å². The molecule has 0 fully saturated rings. The van der Waals surface area contributed by atoms with E-state index < -0.39 is 0 Å². The van der Waals surface area contributed by atoms with Crippen LogP contribution < -0.4 is 5.32 Å². The highest BCUT2D eigenvalue weighted by atomic mass is 16.5. The Hall–Kier alpha value is -0.160. The summed E-state index contributed by atoms with van der Waals surface area (Å²) in [5.41, 5.74) is 0. The van der Waals surface area contributed by atoms with Gasteiger partial charge in [0.15, 0.2) is 0 Å². The Balaban J connectivity index is 3.35. The minimum absolute atomic E-state index is 0.354. The molecule has 1 N–H and O–H groups in total. The monoisotopic (exact) mass is 273 g/mol. The summed E-state index contributed by atoms with van der Waals surface area (Å²) in [5.74, 6) is 0. The summed E-state index contributed by atoms with van der Waals surface area (Å²) < 4.78 is 5.51. The van der Waals surface area contributed by atoms with E-state index in [9.17, 15) is 0 Å². The fourth-order valence-corrected chi connectivity index (χ4v) is 1.92. The first-order chi connectivity index (χ1) is 9.06. The first kappa shape index (κ1) is 18.8. The highest BCUT2D eigenvalue weighted by Crippen LogP contribution is 1.92. The molecule has 4 nitrogen and oxygen atoms in total. The molecule has 0 atom stereocenters. The number of likely N-dealkylation sites (N-methyl/N-ethyl adjacent to an activating group) is 1. The van der Waals surface area contributed by atoms with Gasteiger partial charge in [-0.15, -0.1) is 0 Å². The minimum Gasteiger partial charge on any atom is -0.379 e. The van der Waals surface area contributed by atoms with Crippen LogP contribution in [0.5, 0.6) is 0 Å². The van der Waals surface area contributed by atoms with Crippen LogP contribution in [0.2, 0.25) is 0 Å². The summed E-state index contributed by atoms with van der Waals surface area (Å²) in [5, 5.41) is 3.49. The zero-order chi connectivity index (χ0) is 14.5. The molecule has 0 amide bonds. The van der Waals surface area contributed by atoms with Gasteiger partial charge in [-0.1, -0.05) is 6.92 Å². The Kier molecular flexibility index (Phi) is 12.7. The number of nitrogens with one attached hydrogen (secondary N) is 1. The Morgan fingerprint density at radius 1 is 1.00 bits per heavy atom. The average Bonchev–Trinajstić information content (AvgIpc) is 2.34. The molecule has 0 heterocycles. The van der Waals surface area contributed by atoms with Gasteiger partial charge in [0, 0.05) is 19.7 Å². The quantitative estimate of drug-likeness (QED) is 0.517. The van der Waals surface area contributed by atoms with Crippen molar-refractivity contribution in [2.24, 2.45) is 0 Å². The van der Waals surface area contributed by atoms with Crippen LogP contribution >= 0.6 is 0 Å². The molecule has 0 aromatic heterocycles. The first-order valence-electron chi connectivity index (χ1n) is 7.75. The highest BCUT2D eigenvalue weighted by Gasteiger charge is 2.02. The van der Waals surface area contributed by atoms with E-state index in [2.05, 4.69) is 50.0 Å². The summed E-state index contributed by atoms with van der Waals surface area (Å²) in [7, 11) is 4.27. The molecule has 0 spiro atoms. The van der Waals surface area contributed by atoms with Crippen molar-refractivity contribution >= 4 is 0 Å². The Morgan fingerprint density at radius 3 is 2.32 bits per heavy atom. The van der Waals surface area contributed by atoms with Gasteiger partial charge in [0.1, 0.15) is 0 Å². The third kappa shape index (κ3) is 14.1. The predicted molar refractivity (Wildman–Crippen MR) is 83.9 cm³/mol. The Bertz CT molecular complexity index is 186. The molecular formula is C15H35N3O. The summed E-state index contributed by atoms with van der Waals surface area (Å²) in [6.07, 6.45) is 2.71. The first-order valence-corrected chi connectivity index (χ1v) is 7.75. The van der Waals surface area contributed by atoms with Crippen LogP contribution in [0.15, 0.2) is 0 Å². The van der Waals surface area contributed by atoms with Crippen molar-refractivity contribution in [2.45, 2.75) is 39.7 Å². The zero-order valence-electron chi connectivity index (χ0n) is 13.7. The van der Waals surface area contributed by atoms with Crippen molar-refractivity contribution in [3.63, 3.8) is 0 Å². The molecule has 0 saturated heterocycles. The van der Waals surface area contributed by atoms with Gasteiger partial charge in [0.25, 0.3) is 0 Å². The van der Waals surface area contributed by atoms with E-state index in [-0.39, 0.29) is 0 Å². The second kappa shape index (κ2) is 12.9. The van der Waals surface area contributed by atoms with Gasteiger partial charge in [0.2, 0.25) is 0 Å². The lowest BCUT2D eigenvalue weighted by Crippen LogP contribution is -2.34. The molecule has 0 aliphatic rings. The van der Waals surface area contributed by atoms with Gasteiger partial charge in [-0.2, -0.15) is 0 Å². The van der Waals surface area contributed by atoms with Crippen molar-refractivity contribution in [3.05, 3.63) is 0 Å². The molecule has 0 aliphatic carbocycles. The van der Waals surface area contributed by atoms with Crippen LogP contribution in [0.1, 0.15) is 33.6 Å². The van der Waals surface area contributed by atoms with Crippen molar-refractivity contribution in [2.75, 3.05) is 60.0 Å². The summed E-state index contributed by atoms with van der Waals surface area (Å²) in [4.78, 5) is 4.77. The van der Waals surface area contributed by atoms with Gasteiger partial charge in [-0.3, -0.25) is 0 Å². The summed E-state index contributed by atoms with van der Waals surface area (Å²) >= 11 is 0. The Labute approximate surface area is 120 Å². The SMILES string of the molecule is CCN(CCCN(C)C)CCNCCCOC(C)C. The highest BCUT2D eigenvalue weighted by molar-refractivity contribution is 4.59. The molecule has 0 aliphatic heterocycles. The van der Waals surface area contributed by atoms with Crippen LogP contribution in [-0.4, -0.2) is 75.9 Å². The molecule has 116 valence electrons. The van der Waals surface area contributed by atoms with Crippen LogP contribution in [-0.2, 0) is 4.74 Å². The maximum atomic E-state index is 5.51. The molecule has 0 radical (unpaired) electrons. The summed E-state index contributed by atoms with van der Waals surface area (Å²) in [6.45, 7) is 14.1. The van der Waals surface area contributed by atoms with E-state index in [0.717, 1.165) is 39.2 Å². The van der Waals surface area contributed by atoms with E-state index in [1.54, 1.807) is 0 Å². The maximum absolute atomic E-state index is 5.51. The van der Waals surface area contributed by atoms with E-state index in [4.69, 9.17) is 4.74 Å².